The largest absolute Gasteiger partial charge is 0.361 e. The SMILES string of the molecule is Cc1noc(C)c1C(=O)N(Cc1ccccc1)Cc1cccs1. The number of hydrogen-bond acceptors (Lipinski definition) is 4. The highest BCUT2D eigenvalue weighted by Gasteiger charge is 2.24. The smallest absolute Gasteiger partial charge is 0.259 e. The van der Waals surface area contributed by atoms with Crippen LogP contribution in [0.5, 0.6) is 0 Å². The quantitative estimate of drug-likeness (QED) is 0.706. The molecular formula is C18H18N2O2S. The number of benzene rings is 1. The van der Waals surface area contributed by atoms with Gasteiger partial charge < -0.3 is 9.42 Å². The Morgan fingerprint density at radius 2 is 1.91 bits per heavy atom. The molecule has 0 saturated heterocycles. The molecule has 2 heterocycles. The van der Waals surface area contributed by atoms with Crippen molar-refractivity contribution in [3.05, 3.63) is 75.3 Å². The summed E-state index contributed by atoms with van der Waals surface area (Å²) in [7, 11) is 0. The summed E-state index contributed by atoms with van der Waals surface area (Å²) >= 11 is 1.65. The fraction of sp³-hybridized carbons (Fsp3) is 0.222. The Balaban J connectivity index is 1.89. The van der Waals surface area contributed by atoms with Gasteiger partial charge in [-0.2, -0.15) is 0 Å². The summed E-state index contributed by atoms with van der Waals surface area (Å²) in [6, 6.07) is 14.1. The van der Waals surface area contributed by atoms with E-state index >= 15 is 0 Å². The Hall–Kier alpha value is -2.40. The molecule has 0 aliphatic carbocycles. The third-order valence-electron chi connectivity index (χ3n) is 3.68. The van der Waals surface area contributed by atoms with E-state index in [-0.39, 0.29) is 5.91 Å². The van der Waals surface area contributed by atoms with Crippen LogP contribution in [0.3, 0.4) is 0 Å². The van der Waals surface area contributed by atoms with E-state index in [1.165, 1.54) is 0 Å². The number of thiophene rings is 1. The van der Waals surface area contributed by atoms with Crippen molar-refractivity contribution in [3.63, 3.8) is 0 Å². The van der Waals surface area contributed by atoms with Crippen molar-refractivity contribution in [1.82, 2.24) is 10.1 Å². The highest BCUT2D eigenvalue weighted by molar-refractivity contribution is 7.09. The minimum absolute atomic E-state index is 0.0431. The minimum Gasteiger partial charge on any atom is -0.361 e. The van der Waals surface area contributed by atoms with Gasteiger partial charge in [-0.1, -0.05) is 41.6 Å². The molecule has 3 rings (SSSR count). The summed E-state index contributed by atoms with van der Waals surface area (Å²) in [4.78, 5) is 16.0. The zero-order valence-electron chi connectivity index (χ0n) is 13.2. The monoisotopic (exact) mass is 326 g/mol. The van der Waals surface area contributed by atoms with Crippen LogP contribution in [0.1, 0.15) is 32.3 Å². The van der Waals surface area contributed by atoms with Crippen LogP contribution in [-0.4, -0.2) is 16.0 Å². The second kappa shape index (κ2) is 6.79. The first kappa shape index (κ1) is 15.5. The van der Waals surface area contributed by atoms with Gasteiger partial charge in [0.2, 0.25) is 0 Å². The van der Waals surface area contributed by atoms with Crippen LogP contribution < -0.4 is 0 Å². The first-order chi connectivity index (χ1) is 11.1. The van der Waals surface area contributed by atoms with Crippen LogP contribution in [-0.2, 0) is 13.1 Å². The first-order valence-electron chi connectivity index (χ1n) is 7.43. The Bertz CT molecular complexity index is 759. The van der Waals surface area contributed by atoms with E-state index in [0.29, 0.717) is 30.1 Å². The molecule has 3 aromatic rings. The van der Waals surface area contributed by atoms with Crippen molar-refractivity contribution < 1.29 is 9.32 Å². The van der Waals surface area contributed by atoms with Crippen molar-refractivity contribution in [1.29, 1.82) is 0 Å². The van der Waals surface area contributed by atoms with Gasteiger partial charge in [-0.3, -0.25) is 4.79 Å². The fourth-order valence-electron chi connectivity index (χ4n) is 2.54. The predicted molar refractivity (Wildman–Crippen MR) is 90.3 cm³/mol. The summed E-state index contributed by atoms with van der Waals surface area (Å²) in [6.45, 7) is 4.71. The Labute approximate surface area is 139 Å². The van der Waals surface area contributed by atoms with Gasteiger partial charge in [0.15, 0.2) is 0 Å². The molecule has 0 N–H and O–H groups in total. The number of aromatic nitrogens is 1. The van der Waals surface area contributed by atoms with Crippen molar-refractivity contribution in [3.8, 4) is 0 Å². The van der Waals surface area contributed by atoms with E-state index in [2.05, 4.69) is 5.16 Å². The van der Waals surface area contributed by atoms with Crippen molar-refractivity contribution >= 4 is 17.2 Å². The lowest BCUT2D eigenvalue weighted by Crippen LogP contribution is -2.30. The molecule has 2 aromatic heterocycles. The normalized spacial score (nSPS) is 10.7. The van der Waals surface area contributed by atoms with Crippen LogP contribution >= 0.6 is 11.3 Å². The van der Waals surface area contributed by atoms with Gasteiger partial charge in [0, 0.05) is 11.4 Å². The summed E-state index contributed by atoms with van der Waals surface area (Å²) in [5.74, 6) is 0.523. The topological polar surface area (TPSA) is 46.3 Å². The Morgan fingerprint density at radius 1 is 1.13 bits per heavy atom. The van der Waals surface area contributed by atoms with Gasteiger partial charge >= 0.3 is 0 Å². The van der Waals surface area contributed by atoms with Crippen LogP contribution in [0.2, 0.25) is 0 Å². The number of aryl methyl sites for hydroxylation is 2. The van der Waals surface area contributed by atoms with E-state index < -0.39 is 0 Å². The summed E-state index contributed by atoms with van der Waals surface area (Å²) in [5.41, 5.74) is 2.30. The van der Waals surface area contributed by atoms with Crippen molar-refractivity contribution in [2.45, 2.75) is 26.9 Å². The average Bonchev–Trinajstić information content (AvgIpc) is 3.17. The van der Waals surface area contributed by atoms with Crippen LogP contribution in [0, 0.1) is 13.8 Å². The highest BCUT2D eigenvalue weighted by Crippen LogP contribution is 2.20. The maximum atomic E-state index is 13.0. The van der Waals surface area contributed by atoms with Crippen molar-refractivity contribution in [2.24, 2.45) is 0 Å². The molecule has 118 valence electrons. The molecule has 0 atom stereocenters. The van der Waals surface area contributed by atoms with Crippen molar-refractivity contribution in [2.75, 3.05) is 0 Å². The van der Waals surface area contributed by atoms with Gasteiger partial charge in [-0.05, 0) is 30.9 Å². The van der Waals surface area contributed by atoms with Gasteiger partial charge in [-0.15, -0.1) is 11.3 Å². The van der Waals surface area contributed by atoms with Gasteiger partial charge in [0.1, 0.15) is 11.3 Å². The molecule has 0 unspecified atom stereocenters. The van der Waals surface area contributed by atoms with E-state index in [9.17, 15) is 4.79 Å². The lowest BCUT2D eigenvalue weighted by Gasteiger charge is -2.22. The van der Waals surface area contributed by atoms with Gasteiger partial charge in [-0.25, -0.2) is 0 Å². The molecular weight excluding hydrogens is 308 g/mol. The number of hydrogen-bond donors (Lipinski definition) is 0. The molecule has 0 saturated carbocycles. The molecule has 5 heteroatoms. The van der Waals surface area contributed by atoms with Gasteiger partial charge in [0.25, 0.3) is 5.91 Å². The fourth-order valence-corrected chi connectivity index (χ4v) is 3.26. The maximum absolute atomic E-state index is 13.0. The van der Waals surface area contributed by atoms with E-state index in [1.54, 1.807) is 25.2 Å². The number of amides is 1. The van der Waals surface area contributed by atoms with E-state index in [0.717, 1.165) is 10.4 Å². The predicted octanol–water partition coefficient (Wildman–Crippen LogP) is 4.20. The highest BCUT2D eigenvalue weighted by atomic mass is 32.1. The van der Waals surface area contributed by atoms with Gasteiger partial charge in [0.05, 0.1) is 12.2 Å². The number of nitrogens with zero attached hydrogens (tertiary/aromatic N) is 2. The zero-order chi connectivity index (χ0) is 16.2. The third-order valence-corrected chi connectivity index (χ3v) is 4.54. The second-order valence-corrected chi connectivity index (χ2v) is 6.46. The number of carbonyl (C=O) groups excluding carboxylic acids is 1. The Kier molecular flexibility index (Phi) is 4.57. The standard InChI is InChI=1S/C18H18N2O2S/c1-13-17(14(2)22-19-13)18(21)20(12-16-9-6-10-23-16)11-15-7-4-3-5-8-15/h3-10H,11-12H2,1-2H3. The second-order valence-electron chi connectivity index (χ2n) is 5.43. The molecule has 4 nitrogen and oxygen atoms in total. The lowest BCUT2D eigenvalue weighted by atomic mass is 10.1. The first-order valence-corrected chi connectivity index (χ1v) is 8.31. The van der Waals surface area contributed by atoms with E-state index in [1.807, 2.05) is 52.7 Å². The van der Waals surface area contributed by atoms with Crippen LogP contribution in [0.15, 0.2) is 52.4 Å². The summed E-state index contributed by atoms with van der Waals surface area (Å²) in [5, 5.41) is 5.93. The molecule has 23 heavy (non-hydrogen) atoms. The molecule has 0 radical (unpaired) electrons. The molecule has 0 aliphatic rings. The molecule has 1 aromatic carbocycles. The average molecular weight is 326 g/mol. The maximum Gasteiger partial charge on any atom is 0.259 e. The minimum atomic E-state index is -0.0431. The summed E-state index contributed by atoms with van der Waals surface area (Å²) < 4.78 is 5.16. The molecule has 0 aliphatic heterocycles. The van der Waals surface area contributed by atoms with Crippen LogP contribution in [0.25, 0.3) is 0 Å². The number of carbonyl (C=O) groups is 1. The molecule has 0 spiro atoms. The zero-order valence-corrected chi connectivity index (χ0v) is 14.0. The Morgan fingerprint density at radius 3 is 2.52 bits per heavy atom. The third kappa shape index (κ3) is 3.51. The summed E-state index contributed by atoms with van der Waals surface area (Å²) in [6.07, 6.45) is 0. The molecule has 0 fully saturated rings. The lowest BCUT2D eigenvalue weighted by molar-refractivity contribution is 0.0729. The van der Waals surface area contributed by atoms with E-state index in [4.69, 9.17) is 4.52 Å². The van der Waals surface area contributed by atoms with Crippen LogP contribution in [0.4, 0.5) is 0 Å². The number of rotatable bonds is 5. The molecule has 1 amide bonds. The molecule has 0 bridgehead atoms.